The standard InChI is InChI=1S/C13H19ClN2O3S/c1-3-16-9-11(20(14,18)19)7-12(16)13(17)15(2)8-10-5-4-6-10/h7,9-10H,3-6,8H2,1-2H3. The number of carbonyl (C=O) groups is 1. The third kappa shape index (κ3) is 3.17. The fraction of sp³-hybridized carbons (Fsp3) is 0.615. The van der Waals surface area contributed by atoms with Crippen molar-refractivity contribution in [3.8, 4) is 0 Å². The number of nitrogens with zero attached hydrogens (tertiary/aromatic N) is 2. The Hall–Kier alpha value is -1.01. The first kappa shape index (κ1) is 15.4. The first-order valence-corrected chi connectivity index (χ1v) is 9.04. The van der Waals surface area contributed by atoms with Crippen molar-refractivity contribution in [1.29, 1.82) is 0 Å². The molecule has 20 heavy (non-hydrogen) atoms. The lowest BCUT2D eigenvalue weighted by Crippen LogP contribution is -2.35. The summed E-state index contributed by atoms with van der Waals surface area (Å²) in [4.78, 5) is 14.0. The van der Waals surface area contributed by atoms with Gasteiger partial charge >= 0.3 is 0 Å². The average Bonchev–Trinajstić information content (AvgIpc) is 2.76. The van der Waals surface area contributed by atoms with Crippen molar-refractivity contribution in [2.24, 2.45) is 5.92 Å². The Morgan fingerprint density at radius 3 is 2.60 bits per heavy atom. The molecule has 0 atom stereocenters. The van der Waals surface area contributed by atoms with Gasteiger partial charge < -0.3 is 9.47 Å². The van der Waals surface area contributed by atoms with Gasteiger partial charge in [-0.15, -0.1) is 0 Å². The van der Waals surface area contributed by atoms with Gasteiger partial charge in [0.15, 0.2) is 0 Å². The molecule has 2 rings (SSSR count). The van der Waals surface area contributed by atoms with Crippen molar-refractivity contribution >= 4 is 25.6 Å². The van der Waals surface area contributed by atoms with E-state index in [1.165, 1.54) is 18.7 Å². The quantitative estimate of drug-likeness (QED) is 0.783. The van der Waals surface area contributed by atoms with E-state index >= 15 is 0 Å². The summed E-state index contributed by atoms with van der Waals surface area (Å²) in [5.41, 5.74) is 0.369. The molecule has 0 aromatic carbocycles. The topological polar surface area (TPSA) is 59.4 Å². The van der Waals surface area contributed by atoms with Crippen LogP contribution in [0.4, 0.5) is 0 Å². The molecule has 1 aromatic rings. The maximum Gasteiger partial charge on any atom is 0.270 e. The summed E-state index contributed by atoms with van der Waals surface area (Å²) in [6, 6.07) is 1.35. The zero-order valence-electron chi connectivity index (χ0n) is 11.7. The van der Waals surface area contributed by atoms with Crippen LogP contribution in [0, 0.1) is 5.92 Å². The van der Waals surface area contributed by atoms with Gasteiger partial charge in [0.2, 0.25) is 0 Å². The minimum Gasteiger partial charge on any atom is -0.342 e. The summed E-state index contributed by atoms with van der Waals surface area (Å²) in [5.74, 6) is 0.413. The van der Waals surface area contributed by atoms with Crippen LogP contribution >= 0.6 is 10.7 Å². The number of aryl methyl sites for hydroxylation is 1. The van der Waals surface area contributed by atoms with E-state index in [-0.39, 0.29) is 10.8 Å². The van der Waals surface area contributed by atoms with Crippen LogP contribution in [0.15, 0.2) is 17.2 Å². The van der Waals surface area contributed by atoms with Gasteiger partial charge in [-0.25, -0.2) is 8.42 Å². The van der Waals surface area contributed by atoms with E-state index in [0.29, 0.717) is 18.2 Å². The van der Waals surface area contributed by atoms with Crippen molar-refractivity contribution in [1.82, 2.24) is 9.47 Å². The predicted octanol–water partition coefficient (Wildman–Crippen LogP) is 2.31. The van der Waals surface area contributed by atoms with E-state index < -0.39 is 9.05 Å². The highest BCUT2D eigenvalue weighted by molar-refractivity contribution is 8.13. The Morgan fingerprint density at radius 2 is 2.15 bits per heavy atom. The van der Waals surface area contributed by atoms with Gasteiger partial charge in [0, 0.05) is 37.0 Å². The Kier molecular flexibility index (Phi) is 4.44. The summed E-state index contributed by atoms with van der Waals surface area (Å²) in [5, 5.41) is 0. The first-order valence-electron chi connectivity index (χ1n) is 6.73. The molecule has 1 saturated carbocycles. The normalized spacial score (nSPS) is 15.9. The van der Waals surface area contributed by atoms with E-state index in [2.05, 4.69) is 0 Å². The molecule has 0 aliphatic heterocycles. The van der Waals surface area contributed by atoms with Gasteiger partial charge in [-0.3, -0.25) is 4.79 Å². The van der Waals surface area contributed by atoms with Gasteiger partial charge in [0.05, 0.1) is 0 Å². The van der Waals surface area contributed by atoms with E-state index in [1.807, 2.05) is 6.92 Å². The number of amides is 1. The second-order valence-corrected chi connectivity index (χ2v) is 7.83. The molecule has 0 spiro atoms. The maximum atomic E-state index is 12.4. The lowest BCUT2D eigenvalue weighted by atomic mass is 9.85. The van der Waals surface area contributed by atoms with Crippen LogP contribution in [0.5, 0.6) is 0 Å². The number of carbonyl (C=O) groups excluding carboxylic acids is 1. The zero-order chi connectivity index (χ0) is 14.9. The number of halogens is 1. The number of rotatable bonds is 5. The lowest BCUT2D eigenvalue weighted by molar-refractivity contribution is 0.0734. The Morgan fingerprint density at radius 1 is 1.50 bits per heavy atom. The molecule has 0 unspecified atom stereocenters. The molecule has 7 heteroatoms. The van der Waals surface area contributed by atoms with E-state index in [0.717, 1.165) is 19.4 Å². The van der Waals surface area contributed by atoms with Crippen molar-refractivity contribution in [2.75, 3.05) is 13.6 Å². The summed E-state index contributed by atoms with van der Waals surface area (Å²) < 4.78 is 24.4. The van der Waals surface area contributed by atoms with E-state index in [4.69, 9.17) is 10.7 Å². The molecule has 0 saturated heterocycles. The number of hydrogen-bond acceptors (Lipinski definition) is 3. The second-order valence-electron chi connectivity index (χ2n) is 5.27. The van der Waals surface area contributed by atoms with Crippen LogP contribution in [-0.2, 0) is 15.6 Å². The minimum atomic E-state index is -3.81. The third-order valence-corrected chi connectivity index (χ3v) is 5.14. The summed E-state index contributed by atoms with van der Waals surface area (Å²) in [7, 11) is 3.28. The molecule has 1 heterocycles. The minimum absolute atomic E-state index is 0.0265. The molecule has 1 aromatic heterocycles. The molecule has 0 bridgehead atoms. The summed E-state index contributed by atoms with van der Waals surface area (Å²) in [6.45, 7) is 3.09. The molecule has 0 N–H and O–H groups in total. The summed E-state index contributed by atoms with van der Waals surface area (Å²) in [6.07, 6.45) is 4.96. The number of hydrogen-bond donors (Lipinski definition) is 0. The molecule has 0 radical (unpaired) electrons. The number of aromatic nitrogens is 1. The Balaban J connectivity index is 2.21. The highest BCUT2D eigenvalue weighted by atomic mass is 35.7. The highest BCUT2D eigenvalue weighted by Crippen LogP contribution is 2.27. The monoisotopic (exact) mass is 318 g/mol. The Bertz CT molecular complexity index is 605. The highest BCUT2D eigenvalue weighted by Gasteiger charge is 2.25. The molecule has 1 aliphatic carbocycles. The third-order valence-electron chi connectivity index (χ3n) is 3.82. The van der Waals surface area contributed by atoms with Crippen LogP contribution in [0.25, 0.3) is 0 Å². The van der Waals surface area contributed by atoms with E-state index in [1.54, 1.807) is 16.5 Å². The predicted molar refractivity (Wildman–Crippen MR) is 77.4 cm³/mol. The largest absolute Gasteiger partial charge is 0.342 e. The van der Waals surface area contributed by atoms with Crippen molar-refractivity contribution in [3.05, 3.63) is 18.0 Å². The smallest absolute Gasteiger partial charge is 0.270 e. The zero-order valence-corrected chi connectivity index (χ0v) is 13.2. The molecular formula is C13H19ClN2O3S. The first-order chi connectivity index (χ1) is 9.32. The molecule has 112 valence electrons. The SMILES string of the molecule is CCn1cc(S(=O)(=O)Cl)cc1C(=O)N(C)CC1CCC1. The molecular weight excluding hydrogens is 300 g/mol. The maximum absolute atomic E-state index is 12.4. The van der Waals surface area contributed by atoms with E-state index in [9.17, 15) is 13.2 Å². The molecule has 1 fully saturated rings. The fourth-order valence-electron chi connectivity index (χ4n) is 2.40. The van der Waals surface area contributed by atoms with Crippen molar-refractivity contribution in [3.63, 3.8) is 0 Å². The van der Waals surface area contributed by atoms with Crippen LogP contribution in [0.3, 0.4) is 0 Å². The van der Waals surface area contributed by atoms with Gasteiger partial charge in [-0.05, 0) is 31.7 Å². The fourth-order valence-corrected chi connectivity index (χ4v) is 3.16. The lowest BCUT2D eigenvalue weighted by Gasteiger charge is -2.30. The second kappa shape index (κ2) is 5.77. The van der Waals surface area contributed by atoms with Crippen LogP contribution in [0.2, 0.25) is 0 Å². The van der Waals surface area contributed by atoms with Gasteiger partial charge in [-0.1, -0.05) is 6.42 Å². The van der Waals surface area contributed by atoms with Crippen LogP contribution < -0.4 is 0 Å². The molecule has 5 nitrogen and oxygen atoms in total. The van der Waals surface area contributed by atoms with Gasteiger partial charge in [-0.2, -0.15) is 0 Å². The van der Waals surface area contributed by atoms with Crippen molar-refractivity contribution in [2.45, 2.75) is 37.6 Å². The Labute approximate surface area is 123 Å². The molecule has 1 amide bonds. The molecule has 1 aliphatic rings. The average molecular weight is 319 g/mol. The van der Waals surface area contributed by atoms with Crippen LogP contribution in [-0.4, -0.2) is 37.4 Å². The van der Waals surface area contributed by atoms with Gasteiger partial charge in [0.25, 0.3) is 15.0 Å². The van der Waals surface area contributed by atoms with Gasteiger partial charge in [0.1, 0.15) is 10.6 Å². The summed E-state index contributed by atoms with van der Waals surface area (Å²) >= 11 is 0. The van der Waals surface area contributed by atoms with Crippen molar-refractivity contribution < 1.29 is 13.2 Å². The van der Waals surface area contributed by atoms with Crippen LogP contribution in [0.1, 0.15) is 36.7 Å².